The van der Waals surface area contributed by atoms with E-state index in [0.717, 1.165) is 24.2 Å². The number of carbonyl (C=O) groups excluding carboxylic acids is 2. The molecule has 1 amide bonds. The van der Waals surface area contributed by atoms with Gasteiger partial charge in [-0.25, -0.2) is 18.2 Å². The molecule has 1 unspecified atom stereocenters. The van der Waals surface area contributed by atoms with Gasteiger partial charge in [-0.3, -0.25) is 14.2 Å². The molecule has 1 atom stereocenters. The smallest absolute Gasteiger partial charge is 0.348 e. The number of ether oxygens (including phenoxy) is 1. The number of aromatic nitrogens is 2. The summed E-state index contributed by atoms with van der Waals surface area (Å²) >= 11 is 1.09. The van der Waals surface area contributed by atoms with Gasteiger partial charge in [-0.2, -0.15) is 0 Å². The number of aryl methyl sites for hydroxylation is 1. The van der Waals surface area contributed by atoms with Crippen molar-refractivity contribution in [3.05, 3.63) is 27.1 Å². The van der Waals surface area contributed by atoms with Crippen LogP contribution in [0, 0.1) is 6.92 Å². The molecule has 1 aliphatic carbocycles. The maximum Gasteiger partial charge on any atom is 0.348 e. The minimum Gasteiger partial charge on any atom is -0.462 e. The Hall–Kier alpha value is -2.27. The van der Waals surface area contributed by atoms with E-state index in [-0.39, 0.29) is 42.6 Å². The van der Waals surface area contributed by atoms with Gasteiger partial charge in [0.2, 0.25) is 5.91 Å². The largest absolute Gasteiger partial charge is 0.462 e. The van der Waals surface area contributed by atoms with E-state index in [2.05, 4.69) is 4.98 Å². The number of amides is 1. The van der Waals surface area contributed by atoms with Crippen LogP contribution in [0.25, 0.3) is 10.2 Å². The fourth-order valence-corrected chi connectivity index (χ4v) is 6.69. The minimum atomic E-state index is -3.12. The molecule has 1 aliphatic heterocycles. The summed E-state index contributed by atoms with van der Waals surface area (Å²) in [4.78, 5) is 44.9. The Labute approximate surface area is 177 Å². The summed E-state index contributed by atoms with van der Waals surface area (Å²) < 4.78 is 30.0. The molecule has 162 valence electrons. The third-order valence-electron chi connectivity index (χ3n) is 5.51. The molecular formula is C19H23N3O6S2. The maximum atomic E-state index is 13.0. The van der Waals surface area contributed by atoms with Gasteiger partial charge in [0, 0.05) is 12.1 Å². The van der Waals surface area contributed by atoms with E-state index in [0.29, 0.717) is 27.1 Å². The molecule has 2 fully saturated rings. The van der Waals surface area contributed by atoms with Crippen LogP contribution in [0.5, 0.6) is 0 Å². The number of esters is 1. The predicted octanol–water partition coefficient (Wildman–Crippen LogP) is 1.12. The van der Waals surface area contributed by atoms with Gasteiger partial charge in [0.1, 0.15) is 16.3 Å². The number of fused-ring (bicyclic) bond motifs is 1. The summed E-state index contributed by atoms with van der Waals surface area (Å²) in [5.41, 5.74) is 0.0983. The van der Waals surface area contributed by atoms with Gasteiger partial charge >= 0.3 is 5.97 Å². The molecule has 0 aromatic carbocycles. The van der Waals surface area contributed by atoms with Crippen LogP contribution in [0.15, 0.2) is 11.1 Å². The Bertz CT molecular complexity index is 1180. The highest BCUT2D eigenvalue weighted by Crippen LogP contribution is 2.32. The molecule has 0 spiro atoms. The molecule has 2 aliphatic rings. The van der Waals surface area contributed by atoms with Crippen LogP contribution in [-0.4, -0.2) is 64.9 Å². The monoisotopic (exact) mass is 453 g/mol. The summed E-state index contributed by atoms with van der Waals surface area (Å²) in [5.74, 6) is -0.705. The summed E-state index contributed by atoms with van der Waals surface area (Å²) in [5, 5.41) is 0.305. The lowest BCUT2D eigenvalue weighted by Crippen LogP contribution is -2.45. The zero-order valence-electron chi connectivity index (χ0n) is 16.8. The van der Waals surface area contributed by atoms with Crippen molar-refractivity contribution in [1.82, 2.24) is 14.5 Å². The summed E-state index contributed by atoms with van der Waals surface area (Å²) in [6.45, 7) is 3.39. The fraction of sp³-hybridized carbons (Fsp3) is 0.579. The maximum absolute atomic E-state index is 13.0. The van der Waals surface area contributed by atoms with Gasteiger partial charge in [0.15, 0.2) is 9.84 Å². The molecule has 30 heavy (non-hydrogen) atoms. The first-order valence-corrected chi connectivity index (χ1v) is 12.5. The highest BCUT2D eigenvalue weighted by Gasteiger charge is 2.42. The molecule has 1 saturated carbocycles. The standard InChI is InChI=1S/C19H23N3O6S2/c1-3-28-19(25)16-11(2)15-17(29-16)20-10-21(18(15)24)8-14(23)22(12-4-5-12)13-6-7-30(26,27)9-13/h10,12-13H,3-9H2,1-2H3. The van der Waals surface area contributed by atoms with Crippen LogP contribution >= 0.6 is 11.3 Å². The van der Waals surface area contributed by atoms with Gasteiger partial charge in [0.25, 0.3) is 5.56 Å². The first-order valence-electron chi connectivity index (χ1n) is 9.89. The second kappa shape index (κ2) is 7.77. The Morgan fingerprint density at radius 2 is 2.03 bits per heavy atom. The Morgan fingerprint density at radius 1 is 1.30 bits per heavy atom. The van der Waals surface area contributed by atoms with E-state index < -0.39 is 21.4 Å². The van der Waals surface area contributed by atoms with E-state index in [9.17, 15) is 22.8 Å². The van der Waals surface area contributed by atoms with Crippen molar-refractivity contribution in [3.63, 3.8) is 0 Å². The number of carbonyl (C=O) groups is 2. The highest BCUT2D eigenvalue weighted by molar-refractivity contribution is 7.91. The van der Waals surface area contributed by atoms with Crippen molar-refractivity contribution in [2.75, 3.05) is 18.1 Å². The van der Waals surface area contributed by atoms with E-state index in [1.165, 1.54) is 10.9 Å². The minimum absolute atomic E-state index is 0.0199. The molecule has 1 saturated heterocycles. The number of sulfone groups is 1. The fourth-order valence-electron chi connectivity index (χ4n) is 3.94. The summed E-state index contributed by atoms with van der Waals surface area (Å²) in [6, 6.07) is -0.290. The third kappa shape index (κ3) is 3.87. The second-order valence-electron chi connectivity index (χ2n) is 7.72. The topological polar surface area (TPSA) is 116 Å². The molecule has 0 N–H and O–H groups in total. The molecule has 2 aromatic heterocycles. The predicted molar refractivity (Wildman–Crippen MR) is 112 cm³/mol. The normalized spacial score (nSPS) is 20.4. The van der Waals surface area contributed by atoms with Crippen LogP contribution in [-0.2, 0) is 25.9 Å². The first-order chi connectivity index (χ1) is 14.2. The second-order valence-corrected chi connectivity index (χ2v) is 11.0. The quantitative estimate of drug-likeness (QED) is 0.602. The van der Waals surface area contributed by atoms with Crippen molar-refractivity contribution >= 4 is 43.3 Å². The van der Waals surface area contributed by atoms with Crippen LogP contribution in [0.4, 0.5) is 0 Å². The molecule has 3 heterocycles. The lowest BCUT2D eigenvalue weighted by atomic mass is 10.2. The van der Waals surface area contributed by atoms with E-state index in [1.807, 2.05) is 0 Å². The lowest BCUT2D eigenvalue weighted by Gasteiger charge is -2.28. The van der Waals surface area contributed by atoms with Crippen molar-refractivity contribution in [2.45, 2.75) is 51.7 Å². The molecule has 4 rings (SSSR count). The number of nitrogens with zero attached hydrogens (tertiary/aromatic N) is 3. The number of hydrogen-bond acceptors (Lipinski definition) is 8. The SMILES string of the molecule is CCOC(=O)c1sc2ncn(CC(=O)N(C3CC3)C3CCS(=O)(=O)C3)c(=O)c2c1C. The van der Waals surface area contributed by atoms with Crippen LogP contribution in [0.3, 0.4) is 0 Å². The average molecular weight is 454 g/mol. The van der Waals surface area contributed by atoms with E-state index in [1.54, 1.807) is 18.7 Å². The van der Waals surface area contributed by atoms with Gasteiger partial charge in [-0.05, 0) is 38.7 Å². The zero-order valence-corrected chi connectivity index (χ0v) is 18.4. The van der Waals surface area contributed by atoms with Crippen LogP contribution in [0.2, 0.25) is 0 Å². The lowest BCUT2D eigenvalue weighted by molar-refractivity contribution is -0.134. The molecule has 0 bridgehead atoms. The zero-order chi connectivity index (χ0) is 21.6. The highest BCUT2D eigenvalue weighted by atomic mass is 32.2. The first kappa shape index (κ1) is 21.0. The average Bonchev–Trinajstić information content (AvgIpc) is 3.35. The third-order valence-corrected chi connectivity index (χ3v) is 8.44. The molecule has 9 nitrogen and oxygen atoms in total. The Kier molecular flexibility index (Phi) is 5.43. The molecular weight excluding hydrogens is 430 g/mol. The van der Waals surface area contributed by atoms with Crippen molar-refractivity contribution < 1.29 is 22.7 Å². The van der Waals surface area contributed by atoms with Crippen molar-refractivity contribution in [1.29, 1.82) is 0 Å². The van der Waals surface area contributed by atoms with Crippen molar-refractivity contribution in [2.24, 2.45) is 0 Å². The van der Waals surface area contributed by atoms with E-state index >= 15 is 0 Å². The molecule has 0 radical (unpaired) electrons. The Balaban J connectivity index is 1.62. The van der Waals surface area contributed by atoms with Crippen molar-refractivity contribution in [3.8, 4) is 0 Å². The number of rotatable bonds is 6. The van der Waals surface area contributed by atoms with E-state index in [4.69, 9.17) is 4.74 Å². The molecule has 11 heteroatoms. The van der Waals surface area contributed by atoms with Gasteiger partial charge in [-0.1, -0.05) is 0 Å². The van der Waals surface area contributed by atoms with Gasteiger partial charge in [-0.15, -0.1) is 11.3 Å². The molecule has 2 aromatic rings. The van der Waals surface area contributed by atoms with Gasteiger partial charge < -0.3 is 9.64 Å². The number of hydrogen-bond donors (Lipinski definition) is 0. The summed E-state index contributed by atoms with van der Waals surface area (Å²) in [7, 11) is -3.12. The Morgan fingerprint density at radius 3 is 2.63 bits per heavy atom. The van der Waals surface area contributed by atoms with Crippen LogP contribution < -0.4 is 5.56 Å². The van der Waals surface area contributed by atoms with Crippen LogP contribution in [0.1, 0.15) is 41.4 Å². The summed E-state index contributed by atoms with van der Waals surface area (Å²) in [6.07, 6.45) is 3.44. The number of thiophene rings is 1. The van der Waals surface area contributed by atoms with Gasteiger partial charge in [0.05, 0.1) is 29.8 Å².